The van der Waals surface area contributed by atoms with Crippen LogP contribution < -0.4 is 11.1 Å². The van der Waals surface area contributed by atoms with Crippen LogP contribution in [0.25, 0.3) is 0 Å². The maximum Gasteiger partial charge on any atom is 0.0388 e. The third-order valence-corrected chi connectivity index (χ3v) is 2.65. The van der Waals surface area contributed by atoms with E-state index in [1.807, 2.05) is 0 Å². The molecule has 90 valence electrons. The number of nitrogens with two attached hydrogens (primary N) is 1. The molecule has 0 aromatic heterocycles. The molecule has 0 aliphatic rings. The average Bonchev–Trinajstić information content (AvgIpc) is 2.18. The summed E-state index contributed by atoms with van der Waals surface area (Å²) >= 11 is 0. The highest BCUT2D eigenvalue weighted by Crippen LogP contribution is 2.23. The molecule has 1 aromatic rings. The van der Waals surface area contributed by atoms with E-state index in [0.29, 0.717) is 18.0 Å². The predicted molar refractivity (Wildman–Crippen MR) is 71.7 cm³/mol. The zero-order valence-electron chi connectivity index (χ0n) is 10.9. The minimum Gasteiger partial charge on any atom is -0.381 e. The standard InChI is InChI=1S/C14H24N2/c1-11-7-5-6-8-13(11)16-12(10-15)9-14(2,3)4/h5-8,12,16H,9-10,15H2,1-4H3. The van der Waals surface area contributed by atoms with E-state index in [1.54, 1.807) is 0 Å². The first-order valence-corrected chi connectivity index (χ1v) is 5.94. The number of benzene rings is 1. The van der Waals surface area contributed by atoms with Crippen LogP contribution >= 0.6 is 0 Å². The number of hydrogen-bond donors (Lipinski definition) is 2. The van der Waals surface area contributed by atoms with Crippen LogP contribution in [0, 0.1) is 12.3 Å². The molecule has 16 heavy (non-hydrogen) atoms. The Bertz CT molecular complexity index is 326. The monoisotopic (exact) mass is 220 g/mol. The SMILES string of the molecule is Cc1ccccc1NC(CN)CC(C)(C)C. The third kappa shape index (κ3) is 4.23. The molecule has 3 N–H and O–H groups in total. The quantitative estimate of drug-likeness (QED) is 0.818. The molecule has 0 radical (unpaired) electrons. The lowest BCUT2D eigenvalue weighted by Crippen LogP contribution is -2.33. The van der Waals surface area contributed by atoms with Gasteiger partial charge in [0.2, 0.25) is 0 Å². The molecule has 1 unspecified atom stereocenters. The van der Waals surface area contributed by atoms with E-state index >= 15 is 0 Å². The molecule has 0 amide bonds. The van der Waals surface area contributed by atoms with E-state index in [4.69, 9.17) is 5.73 Å². The molecule has 1 rings (SSSR count). The Kier molecular flexibility index (Phi) is 4.36. The summed E-state index contributed by atoms with van der Waals surface area (Å²) in [6.07, 6.45) is 1.08. The molecule has 0 spiro atoms. The van der Waals surface area contributed by atoms with E-state index in [0.717, 1.165) is 6.42 Å². The van der Waals surface area contributed by atoms with Crippen molar-refractivity contribution >= 4 is 5.69 Å². The topological polar surface area (TPSA) is 38.0 Å². The number of anilines is 1. The molecule has 0 aliphatic carbocycles. The molecule has 2 heteroatoms. The van der Waals surface area contributed by atoms with E-state index < -0.39 is 0 Å². The normalized spacial score (nSPS) is 13.6. The van der Waals surface area contributed by atoms with Crippen LogP contribution in [0.3, 0.4) is 0 Å². The minimum atomic E-state index is 0.305. The highest BCUT2D eigenvalue weighted by Gasteiger charge is 2.17. The Balaban J connectivity index is 2.67. The van der Waals surface area contributed by atoms with Gasteiger partial charge in [0.25, 0.3) is 0 Å². The van der Waals surface area contributed by atoms with Crippen LogP contribution in [0.5, 0.6) is 0 Å². The zero-order chi connectivity index (χ0) is 12.2. The first-order chi connectivity index (χ1) is 7.42. The Hall–Kier alpha value is -1.02. The van der Waals surface area contributed by atoms with Crippen molar-refractivity contribution < 1.29 is 0 Å². The molecule has 2 nitrogen and oxygen atoms in total. The number of para-hydroxylation sites is 1. The Morgan fingerprint density at radius 3 is 2.38 bits per heavy atom. The fourth-order valence-corrected chi connectivity index (χ4v) is 1.89. The lowest BCUT2D eigenvalue weighted by atomic mass is 9.88. The van der Waals surface area contributed by atoms with Crippen molar-refractivity contribution in [1.82, 2.24) is 0 Å². The highest BCUT2D eigenvalue weighted by molar-refractivity contribution is 5.51. The van der Waals surface area contributed by atoms with Gasteiger partial charge >= 0.3 is 0 Å². The fourth-order valence-electron chi connectivity index (χ4n) is 1.89. The maximum absolute atomic E-state index is 5.82. The van der Waals surface area contributed by atoms with Gasteiger partial charge in [0.15, 0.2) is 0 Å². The second-order valence-electron chi connectivity index (χ2n) is 5.66. The van der Waals surface area contributed by atoms with E-state index in [-0.39, 0.29) is 0 Å². The highest BCUT2D eigenvalue weighted by atomic mass is 14.9. The van der Waals surface area contributed by atoms with Crippen molar-refractivity contribution in [2.75, 3.05) is 11.9 Å². The number of aryl methyl sites for hydroxylation is 1. The number of rotatable bonds is 4. The summed E-state index contributed by atoms with van der Waals surface area (Å²) in [5.41, 5.74) is 8.59. The van der Waals surface area contributed by atoms with Gasteiger partial charge < -0.3 is 11.1 Å². The van der Waals surface area contributed by atoms with Crippen LogP contribution in [0.15, 0.2) is 24.3 Å². The fraction of sp³-hybridized carbons (Fsp3) is 0.571. The second kappa shape index (κ2) is 5.35. The average molecular weight is 220 g/mol. The maximum atomic E-state index is 5.82. The lowest BCUT2D eigenvalue weighted by Gasteiger charge is -2.27. The summed E-state index contributed by atoms with van der Waals surface area (Å²) in [4.78, 5) is 0. The van der Waals surface area contributed by atoms with Gasteiger partial charge in [-0.25, -0.2) is 0 Å². The summed E-state index contributed by atoms with van der Waals surface area (Å²) in [5.74, 6) is 0. The molecule has 0 heterocycles. The van der Waals surface area contributed by atoms with E-state index in [2.05, 4.69) is 57.3 Å². The molecule has 0 bridgehead atoms. The van der Waals surface area contributed by atoms with Gasteiger partial charge in [0.1, 0.15) is 0 Å². The Morgan fingerprint density at radius 1 is 1.25 bits per heavy atom. The molecule has 0 fully saturated rings. The van der Waals surface area contributed by atoms with Crippen LogP contribution in [0.1, 0.15) is 32.8 Å². The van der Waals surface area contributed by atoms with Gasteiger partial charge in [0.05, 0.1) is 0 Å². The second-order valence-corrected chi connectivity index (χ2v) is 5.66. The van der Waals surface area contributed by atoms with Gasteiger partial charge in [-0.1, -0.05) is 39.0 Å². The summed E-state index contributed by atoms with van der Waals surface area (Å²) in [5, 5.41) is 3.53. The van der Waals surface area contributed by atoms with Crippen molar-refractivity contribution in [3.05, 3.63) is 29.8 Å². The first kappa shape index (κ1) is 13.0. The minimum absolute atomic E-state index is 0.305. The lowest BCUT2D eigenvalue weighted by molar-refractivity contribution is 0.351. The van der Waals surface area contributed by atoms with Crippen LogP contribution in [-0.2, 0) is 0 Å². The number of nitrogens with one attached hydrogen (secondary N) is 1. The van der Waals surface area contributed by atoms with Crippen LogP contribution in [0.4, 0.5) is 5.69 Å². The summed E-state index contributed by atoms with van der Waals surface area (Å²) in [7, 11) is 0. The van der Waals surface area contributed by atoms with Gasteiger partial charge in [0, 0.05) is 18.3 Å². The van der Waals surface area contributed by atoms with Crippen LogP contribution in [0.2, 0.25) is 0 Å². The molecular formula is C14H24N2. The molecule has 0 saturated heterocycles. The molecular weight excluding hydrogens is 196 g/mol. The molecule has 0 saturated carbocycles. The van der Waals surface area contributed by atoms with Crippen molar-refractivity contribution in [2.24, 2.45) is 11.1 Å². The van der Waals surface area contributed by atoms with Crippen molar-refractivity contribution in [3.8, 4) is 0 Å². The van der Waals surface area contributed by atoms with Crippen LogP contribution in [-0.4, -0.2) is 12.6 Å². The molecule has 1 aromatic carbocycles. The predicted octanol–water partition coefficient (Wildman–Crippen LogP) is 3.17. The largest absolute Gasteiger partial charge is 0.381 e. The van der Waals surface area contributed by atoms with Crippen molar-refractivity contribution in [3.63, 3.8) is 0 Å². The third-order valence-electron chi connectivity index (χ3n) is 2.65. The van der Waals surface area contributed by atoms with Crippen molar-refractivity contribution in [2.45, 2.75) is 40.2 Å². The summed E-state index contributed by atoms with van der Waals surface area (Å²) in [6, 6.07) is 8.69. The Labute approximate surface area is 99.2 Å². The van der Waals surface area contributed by atoms with Gasteiger partial charge in [-0.2, -0.15) is 0 Å². The number of hydrogen-bond acceptors (Lipinski definition) is 2. The molecule has 0 aliphatic heterocycles. The van der Waals surface area contributed by atoms with E-state index in [1.165, 1.54) is 11.3 Å². The zero-order valence-corrected chi connectivity index (χ0v) is 10.9. The van der Waals surface area contributed by atoms with E-state index in [9.17, 15) is 0 Å². The molecule has 1 atom stereocenters. The summed E-state index contributed by atoms with van der Waals surface area (Å²) in [6.45, 7) is 9.53. The summed E-state index contributed by atoms with van der Waals surface area (Å²) < 4.78 is 0. The first-order valence-electron chi connectivity index (χ1n) is 5.94. The smallest absolute Gasteiger partial charge is 0.0388 e. The van der Waals surface area contributed by atoms with Gasteiger partial charge in [-0.15, -0.1) is 0 Å². The van der Waals surface area contributed by atoms with Gasteiger partial charge in [-0.3, -0.25) is 0 Å². The van der Waals surface area contributed by atoms with Gasteiger partial charge in [-0.05, 0) is 30.4 Å². The Morgan fingerprint density at radius 2 is 1.88 bits per heavy atom. The van der Waals surface area contributed by atoms with Crippen molar-refractivity contribution in [1.29, 1.82) is 0 Å².